The van der Waals surface area contributed by atoms with Crippen LogP contribution in [0.2, 0.25) is 1.41 Å². The van der Waals surface area contributed by atoms with Crippen molar-refractivity contribution in [2.45, 2.75) is 18.7 Å². The minimum atomic E-state index is -3.62. The molecule has 4 heteroatoms. The van der Waals surface area contributed by atoms with E-state index in [0.29, 0.717) is 10.3 Å². The first-order valence-corrected chi connectivity index (χ1v) is 5.51. The van der Waals surface area contributed by atoms with Crippen LogP contribution in [0, 0.1) is 6.92 Å². The Labute approximate surface area is 80.3 Å². The fraction of sp³-hybridized carbons (Fsp3) is 0.333. The van der Waals surface area contributed by atoms with Crippen molar-refractivity contribution >= 4 is 10.0 Å². The standard InChI is InChI=1S/C9H13NO2S/c1-3-10-13(11,12)9-7-5-4-6-8(9)2/h4-7,10H,3H2,1-2H3/i/hD. The molecule has 1 aromatic rings. The van der Waals surface area contributed by atoms with E-state index in [1.165, 1.54) is 6.07 Å². The quantitative estimate of drug-likeness (QED) is 0.799. The van der Waals surface area contributed by atoms with Crippen LogP contribution in [0.5, 0.6) is 0 Å². The van der Waals surface area contributed by atoms with Crippen molar-refractivity contribution in [1.82, 2.24) is 4.72 Å². The summed E-state index contributed by atoms with van der Waals surface area (Å²) in [4.78, 5) is 0.205. The fourth-order valence-corrected chi connectivity index (χ4v) is 2.29. The topological polar surface area (TPSA) is 46.2 Å². The van der Waals surface area contributed by atoms with Crippen LogP contribution in [0.1, 0.15) is 12.5 Å². The van der Waals surface area contributed by atoms with E-state index in [0.717, 1.165) is 0 Å². The highest BCUT2D eigenvalue weighted by Gasteiger charge is 2.13. The Hall–Kier alpha value is -0.870. The molecular formula is C9H13NO2S. The van der Waals surface area contributed by atoms with E-state index in [-0.39, 0.29) is 11.4 Å². The van der Waals surface area contributed by atoms with Gasteiger partial charge in [0.15, 0.2) is 0 Å². The van der Waals surface area contributed by atoms with Crippen LogP contribution in [-0.4, -0.2) is 15.0 Å². The van der Waals surface area contributed by atoms with Gasteiger partial charge in [-0.15, -0.1) is 0 Å². The number of aryl methyl sites for hydroxylation is 1. The van der Waals surface area contributed by atoms with Crippen molar-refractivity contribution in [2.75, 3.05) is 6.54 Å². The Balaban J connectivity index is 3.24. The van der Waals surface area contributed by atoms with Gasteiger partial charge in [-0.05, 0) is 18.6 Å². The molecule has 0 saturated heterocycles. The van der Waals surface area contributed by atoms with Crippen LogP contribution in [0.3, 0.4) is 0 Å². The highest BCUT2D eigenvalue weighted by Crippen LogP contribution is 2.13. The van der Waals surface area contributed by atoms with Crippen LogP contribution in [0.15, 0.2) is 29.2 Å². The Bertz CT molecular complexity index is 417. The minimum absolute atomic E-state index is 0.149. The summed E-state index contributed by atoms with van der Waals surface area (Å²) in [6.07, 6.45) is 0. The lowest BCUT2D eigenvalue weighted by atomic mass is 10.2. The van der Waals surface area contributed by atoms with E-state index in [9.17, 15) is 8.42 Å². The number of hydrogen-bond acceptors (Lipinski definition) is 2. The summed E-state index contributed by atoms with van der Waals surface area (Å²) in [6.45, 7) is 3.50. The molecule has 1 N–H and O–H groups in total. The molecule has 0 radical (unpaired) electrons. The summed E-state index contributed by atoms with van der Waals surface area (Å²) in [5, 5.41) is 0. The molecule has 1 aromatic carbocycles. The summed E-state index contributed by atoms with van der Waals surface area (Å²) in [5.74, 6) is 0. The maximum absolute atomic E-state index is 11.7. The zero-order valence-electron chi connectivity index (χ0n) is 8.69. The fourth-order valence-electron chi connectivity index (χ4n) is 1.09. The summed E-state index contributed by atoms with van der Waals surface area (Å²) in [6, 6.07) is 6.66. The van der Waals surface area contributed by atoms with E-state index < -0.39 is 10.0 Å². The smallest absolute Gasteiger partial charge is 0.211 e. The predicted molar refractivity (Wildman–Crippen MR) is 52.0 cm³/mol. The van der Waals surface area contributed by atoms with E-state index in [1.807, 2.05) is 0 Å². The largest absolute Gasteiger partial charge is 0.240 e. The van der Waals surface area contributed by atoms with Crippen LogP contribution in [0.4, 0.5) is 0 Å². The lowest BCUT2D eigenvalue weighted by Crippen LogP contribution is -2.23. The summed E-state index contributed by atoms with van der Waals surface area (Å²) in [7, 11) is -3.62. The highest BCUT2D eigenvalue weighted by molar-refractivity contribution is 7.89. The number of rotatable bonds is 3. The molecular weight excluding hydrogens is 186 g/mol. The number of sulfonamides is 1. The molecule has 72 valence electrons. The molecule has 0 aliphatic heterocycles. The predicted octanol–water partition coefficient (Wildman–Crippen LogP) is 1.29. The van der Waals surface area contributed by atoms with Crippen molar-refractivity contribution in [1.29, 1.82) is 0 Å². The molecule has 3 nitrogen and oxygen atoms in total. The molecule has 13 heavy (non-hydrogen) atoms. The molecule has 0 amide bonds. The number of nitrogens with one attached hydrogen (secondary N) is 1. The molecule has 0 aliphatic carbocycles. The van der Waals surface area contributed by atoms with Crippen molar-refractivity contribution in [3.63, 3.8) is 0 Å². The van der Waals surface area contributed by atoms with Gasteiger partial charge in [-0.2, -0.15) is 0 Å². The lowest BCUT2D eigenvalue weighted by Gasteiger charge is -2.06. The molecule has 0 bridgehead atoms. The summed E-state index contributed by atoms with van der Waals surface area (Å²) >= 11 is 0. The van der Waals surface area contributed by atoms with Gasteiger partial charge in [-0.25, -0.2) is 13.1 Å². The average molecular weight is 200 g/mol. The molecule has 0 unspecified atom stereocenters. The Kier molecular flexibility index (Phi) is 2.61. The summed E-state index contributed by atoms with van der Waals surface area (Å²) in [5.41, 5.74) is 0.665. The van der Waals surface area contributed by atoms with E-state index in [2.05, 4.69) is 0 Å². The first-order valence-electron chi connectivity index (χ1n) is 4.52. The third-order valence-electron chi connectivity index (χ3n) is 1.67. The molecule has 0 heterocycles. The van der Waals surface area contributed by atoms with Crippen molar-refractivity contribution < 1.29 is 9.83 Å². The SMILES string of the molecule is [2H]N(CC)S(=O)(=O)c1ccccc1C. The second-order valence-electron chi connectivity index (χ2n) is 2.69. The maximum atomic E-state index is 11.7. The molecule has 0 saturated carbocycles. The van der Waals surface area contributed by atoms with Gasteiger partial charge in [0.2, 0.25) is 10.0 Å². The molecule has 0 spiro atoms. The summed E-state index contributed by atoms with van der Waals surface area (Å²) < 4.78 is 31.3. The number of hydrogen-bond donors (Lipinski definition) is 1. The van der Waals surface area contributed by atoms with Crippen LogP contribution in [-0.2, 0) is 10.0 Å². The van der Waals surface area contributed by atoms with E-state index in [1.54, 1.807) is 32.0 Å². The van der Waals surface area contributed by atoms with Crippen molar-refractivity contribution in [2.24, 2.45) is 0 Å². The Morgan fingerprint density at radius 3 is 2.62 bits per heavy atom. The number of benzene rings is 1. The van der Waals surface area contributed by atoms with Gasteiger partial charge in [0.05, 0.1) is 4.90 Å². The molecule has 0 atom stereocenters. The Morgan fingerprint density at radius 2 is 2.08 bits per heavy atom. The highest BCUT2D eigenvalue weighted by atomic mass is 32.2. The van der Waals surface area contributed by atoms with Crippen LogP contribution < -0.4 is 4.72 Å². The van der Waals surface area contributed by atoms with Gasteiger partial charge in [0, 0.05) is 6.54 Å². The van der Waals surface area contributed by atoms with Crippen LogP contribution >= 0.6 is 0 Å². The third kappa shape index (κ3) is 2.29. The average Bonchev–Trinajstić information content (AvgIpc) is 2.17. The zero-order chi connectivity index (χ0) is 10.8. The van der Waals surface area contributed by atoms with Gasteiger partial charge in [-0.1, -0.05) is 25.1 Å². The van der Waals surface area contributed by atoms with Gasteiger partial charge in [0.25, 0.3) is 0 Å². The first-order chi connectivity index (χ1) is 6.50. The second kappa shape index (κ2) is 3.89. The van der Waals surface area contributed by atoms with E-state index >= 15 is 0 Å². The van der Waals surface area contributed by atoms with Gasteiger partial charge in [0.1, 0.15) is 1.41 Å². The van der Waals surface area contributed by atoms with Gasteiger partial charge in [-0.3, -0.25) is 0 Å². The monoisotopic (exact) mass is 200 g/mol. The lowest BCUT2D eigenvalue weighted by molar-refractivity contribution is 0.583. The van der Waals surface area contributed by atoms with Gasteiger partial charge < -0.3 is 0 Å². The van der Waals surface area contributed by atoms with E-state index in [4.69, 9.17) is 1.41 Å². The Morgan fingerprint density at radius 1 is 1.46 bits per heavy atom. The van der Waals surface area contributed by atoms with Gasteiger partial charge >= 0.3 is 0 Å². The molecule has 0 aliphatic rings. The second-order valence-corrected chi connectivity index (χ2v) is 4.33. The van der Waals surface area contributed by atoms with Crippen molar-refractivity contribution in [3.05, 3.63) is 29.8 Å². The minimum Gasteiger partial charge on any atom is -0.211 e. The first kappa shape index (κ1) is 8.72. The molecule has 1 rings (SSSR count). The van der Waals surface area contributed by atoms with Crippen LogP contribution in [0.25, 0.3) is 0 Å². The zero-order valence-corrected chi connectivity index (χ0v) is 8.50. The van der Waals surface area contributed by atoms with Crippen molar-refractivity contribution in [3.8, 4) is 0 Å². The molecule has 0 aromatic heterocycles. The third-order valence-corrected chi connectivity index (χ3v) is 3.28. The normalized spacial score (nSPS) is 13.0. The molecule has 0 fully saturated rings. The maximum Gasteiger partial charge on any atom is 0.240 e.